The van der Waals surface area contributed by atoms with Gasteiger partial charge in [-0.05, 0) is 23.6 Å². The molecule has 2 aromatic carbocycles. The zero-order valence-corrected chi connectivity index (χ0v) is 14.0. The van der Waals surface area contributed by atoms with Gasteiger partial charge in [0.05, 0.1) is 7.11 Å². The highest BCUT2D eigenvalue weighted by molar-refractivity contribution is 5.85. The first-order chi connectivity index (χ1) is 10.7. The van der Waals surface area contributed by atoms with Crippen molar-refractivity contribution in [3.05, 3.63) is 65.7 Å². The van der Waals surface area contributed by atoms with E-state index in [0.717, 1.165) is 23.3 Å². The molecule has 4 nitrogen and oxygen atoms in total. The number of carbonyl (C=O) groups is 1. The fourth-order valence-corrected chi connectivity index (χ4v) is 2.34. The summed E-state index contributed by atoms with van der Waals surface area (Å²) in [6.45, 7) is 0.570. The number of nitrogens with one attached hydrogen (secondary N) is 1. The number of nitrogens with two attached hydrogens (primary N) is 1. The van der Waals surface area contributed by atoms with Crippen molar-refractivity contribution >= 4 is 18.3 Å². The van der Waals surface area contributed by atoms with Crippen LogP contribution in [-0.4, -0.2) is 19.6 Å². The number of hydrogen-bond acceptors (Lipinski definition) is 3. The van der Waals surface area contributed by atoms with Crippen molar-refractivity contribution in [2.24, 2.45) is 5.73 Å². The maximum atomic E-state index is 11.9. The minimum Gasteiger partial charge on any atom is -0.496 e. The summed E-state index contributed by atoms with van der Waals surface area (Å²) >= 11 is 0. The van der Waals surface area contributed by atoms with Crippen molar-refractivity contribution in [2.45, 2.75) is 18.9 Å². The summed E-state index contributed by atoms with van der Waals surface area (Å²) in [5, 5.41) is 2.91. The van der Waals surface area contributed by atoms with Gasteiger partial charge in [0.2, 0.25) is 5.91 Å². The van der Waals surface area contributed by atoms with Gasteiger partial charge in [-0.25, -0.2) is 0 Å². The number of rotatable bonds is 7. The fraction of sp³-hybridized carbons (Fsp3) is 0.278. The van der Waals surface area contributed by atoms with Crippen molar-refractivity contribution in [3.63, 3.8) is 0 Å². The summed E-state index contributed by atoms with van der Waals surface area (Å²) in [6.07, 6.45) is 1.02. The van der Waals surface area contributed by atoms with Crippen LogP contribution in [0.2, 0.25) is 0 Å². The maximum absolute atomic E-state index is 11.9. The van der Waals surface area contributed by atoms with E-state index in [1.807, 2.05) is 54.6 Å². The Morgan fingerprint density at radius 3 is 2.48 bits per heavy atom. The molecule has 1 atom stereocenters. The molecule has 0 aliphatic heterocycles. The molecule has 3 N–H and O–H groups in total. The van der Waals surface area contributed by atoms with Gasteiger partial charge in [0.1, 0.15) is 5.75 Å². The van der Waals surface area contributed by atoms with Gasteiger partial charge in [-0.1, -0.05) is 48.5 Å². The molecule has 0 heterocycles. The van der Waals surface area contributed by atoms with Gasteiger partial charge in [-0.2, -0.15) is 0 Å². The molecule has 0 radical (unpaired) electrons. The second-order valence-corrected chi connectivity index (χ2v) is 5.13. The molecule has 0 bridgehead atoms. The highest BCUT2D eigenvalue weighted by Crippen LogP contribution is 2.17. The lowest BCUT2D eigenvalue weighted by Crippen LogP contribution is -2.29. The summed E-state index contributed by atoms with van der Waals surface area (Å²) in [5.74, 6) is 0.809. The van der Waals surface area contributed by atoms with Gasteiger partial charge in [-0.15, -0.1) is 12.4 Å². The van der Waals surface area contributed by atoms with Crippen LogP contribution in [0, 0.1) is 0 Å². The average molecular weight is 335 g/mol. The van der Waals surface area contributed by atoms with Crippen molar-refractivity contribution in [1.29, 1.82) is 0 Å². The molecular weight excluding hydrogens is 312 g/mol. The van der Waals surface area contributed by atoms with E-state index in [9.17, 15) is 4.79 Å². The zero-order valence-electron chi connectivity index (χ0n) is 13.2. The topological polar surface area (TPSA) is 64.3 Å². The summed E-state index contributed by atoms with van der Waals surface area (Å²) < 4.78 is 5.29. The number of benzene rings is 2. The molecule has 1 amide bonds. The van der Waals surface area contributed by atoms with Gasteiger partial charge < -0.3 is 15.8 Å². The Morgan fingerprint density at radius 1 is 1.13 bits per heavy atom. The molecule has 0 saturated heterocycles. The van der Waals surface area contributed by atoms with E-state index < -0.39 is 0 Å². The van der Waals surface area contributed by atoms with Crippen LogP contribution in [0.3, 0.4) is 0 Å². The third kappa shape index (κ3) is 5.93. The third-order valence-corrected chi connectivity index (χ3v) is 3.54. The predicted molar refractivity (Wildman–Crippen MR) is 94.9 cm³/mol. The Kier molecular flexibility index (Phi) is 8.16. The number of carbonyl (C=O) groups excluding carboxylic acids is 1. The molecule has 0 aromatic heterocycles. The number of para-hydroxylation sites is 1. The molecule has 0 spiro atoms. The molecule has 1 unspecified atom stereocenters. The van der Waals surface area contributed by atoms with E-state index >= 15 is 0 Å². The van der Waals surface area contributed by atoms with Crippen molar-refractivity contribution < 1.29 is 9.53 Å². The van der Waals surface area contributed by atoms with Gasteiger partial charge in [0.15, 0.2) is 0 Å². The quantitative estimate of drug-likeness (QED) is 0.818. The van der Waals surface area contributed by atoms with Crippen LogP contribution < -0.4 is 15.8 Å². The van der Waals surface area contributed by atoms with E-state index in [1.54, 1.807) is 7.11 Å². The summed E-state index contributed by atoms with van der Waals surface area (Å²) in [5.41, 5.74) is 8.10. The highest BCUT2D eigenvalue weighted by Gasteiger charge is 2.11. The van der Waals surface area contributed by atoms with E-state index in [4.69, 9.17) is 10.5 Å². The largest absolute Gasteiger partial charge is 0.496 e. The molecule has 5 heteroatoms. The van der Waals surface area contributed by atoms with Crippen molar-refractivity contribution in [2.75, 3.05) is 13.7 Å². The smallest absolute Gasteiger partial charge is 0.221 e. The third-order valence-electron chi connectivity index (χ3n) is 3.54. The zero-order chi connectivity index (χ0) is 15.8. The van der Waals surface area contributed by atoms with Crippen LogP contribution in [0.1, 0.15) is 23.6 Å². The van der Waals surface area contributed by atoms with Gasteiger partial charge in [-0.3, -0.25) is 4.79 Å². The Hall–Kier alpha value is -2.04. The molecule has 0 aliphatic carbocycles. The van der Waals surface area contributed by atoms with Crippen LogP contribution in [0.25, 0.3) is 0 Å². The molecule has 23 heavy (non-hydrogen) atoms. The maximum Gasteiger partial charge on any atom is 0.221 e. The number of halogens is 1. The summed E-state index contributed by atoms with van der Waals surface area (Å²) in [4.78, 5) is 11.9. The number of amides is 1. The van der Waals surface area contributed by atoms with E-state index in [1.165, 1.54) is 0 Å². The molecule has 0 saturated carbocycles. The molecule has 2 rings (SSSR count). The molecular formula is C18H23ClN2O2. The van der Waals surface area contributed by atoms with Crippen molar-refractivity contribution in [3.8, 4) is 5.75 Å². The first-order valence-corrected chi connectivity index (χ1v) is 7.40. The molecule has 0 fully saturated rings. The van der Waals surface area contributed by atoms with Crippen LogP contribution in [0.4, 0.5) is 0 Å². The summed E-state index contributed by atoms with van der Waals surface area (Å²) in [7, 11) is 1.65. The number of ether oxygens (including phenoxy) is 1. The lowest BCUT2D eigenvalue weighted by Gasteiger charge is -2.13. The first-order valence-electron chi connectivity index (χ1n) is 7.40. The second kappa shape index (κ2) is 9.87. The van der Waals surface area contributed by atoms with Gasteiger partial charge in [0.25, 0.3) is 0 Å². The molecule has 0 aliphatic rings. The van der Waals surface area contributed by atoms with Gasteiger partial charge >= 0.3 is 0 Å². The first kappa shape index (κ1) is 19.0. The Morgan fingerprint density at radius 2 is 1.78 bits per heavy atom. The lowest BCUT2D eigenvalue weighted by atomic mass is 10.0. The predicted octanol–water partition coefficient (Wildman–Crippen LogP) is 2.87. The molecule has 2 aromatic rings. The van der Waals surface area contributed by atoms with Crippen LogP contribution in [0.5, 0.6) is 5.75 Å². The number of methoxy groups -OCH3 is 1. The van der Waals surface area contributed by atoms with E-state index in [-0.39, 0.29) is 30.8 Å². The van der Waals surface area contributed by atoms with E-state index in [0.29, 0.717) is 6.54 Å². The van der Waals surface area contributed by atoms with Crippen molar-refractivity contribution in [1.82, 2.24) is 5.32 Å². The minimum atomic E-state index is -0.271. The Balaban J connectivity index is 0.00000264. The Bertz CT molecular complexity index is 605. The van der Waals surface area contributed by atoms with Crippen LogP contribution in [-0.2, 0) is 11.2 Å². The minimum absolute atomic E-state index is 0. The van der Waals surface area contributed by atoms with Gasteiger partial charge in [0, 0.05) is 19.0 Å². The van der Waals surface area contributed by atoms with Crippen LogP contribution in [0.15, 0.2) is 54.6 Å². The normalized spacial score (nSPS) is 11.2. The second-order valence-electron chi connectivity index (χ2n) is 5.13. The lowest BCUT2D eigenvalue weighted by molar-refractivity contribution is -0.121. The molecule has 124 valence electrons. The summed E-state index contributed by atoms with van der Waals surface area (Å²) in [6, 6.07) is 17.2. The van der Waals surface area contributed by atoms with Crippen LogP contribution >= 0.6 is 12.4 Å². The SMILES string of the molecule is COc1ccccc1CCNC(=O)CC(N)c1ccccc1.Cl. The average Bonchev–Trinajstić information content (AvgIpc) is 2.56. The Labute approximate surface area is 143 Å². The standard InChI is InChI=1S/C18H22N2O2.ClH/c1-22-17-10-6-5-9-15(17)11-12-20-18(21)13-16(19)14-7-3-2-4-8-14;/h2-10,16H,11-13,19H2,1H3,(H,20,21);1H. The highest BCUT2D eigenvalue weighted by atomic mass is 35.5. The number of hydrogen-bond donors (Lipinski definition) is 2. The van der Waals surface area contributed by atoms with E-state index in [2.05, 4.69) is 5.32 Å². The fourth-order valence-electron chi connectivity index (χ4n) is 2.34. The monoisotopic (exact) mass is 334 g/mol.